The van der Waals surface area contributed by atoms with Gasteiger partial charge in [0.15, 0.2) is 5.65 Å². The van der Waals surface area contributed by atoms with Gasteiger partial charge in [-0.25, -0.2) is 4.98 Å². The Bertz CT molecular complexity index is 746. The number of carbonyl (C=O) groups is 1. The van der Waals surface area contributed by atoms with Gasteiger partial charge in [-0.15, -0.1) is 0 Å². The van der Waals surface area contributed by atoms with Crippen LogP contribution in [0.25, 0.3) is 11.0 Å². The van der Waals surface area contributed by atoms with E-state index in [0.717, 1.165) is 25.9 Å². The molecule has 1 unspecified atom stereocenters. The summed E-state index contributed by atoms with van der Waals surface area (Å²) in [6.07, 6.45) is 5.83. The first kappa shape index (κ1) is 15.7. The minimum Gasteiger partial charge on any atom is -0.458 e. The maximum absolute atomic E-state index is 11.9. The lowest BCUT2D eigenvalue weighted by atomic mass is 10.1. The normalized spacial score (nSPS) is 18.2. The molecule has 1 aliphatic rings. The zero-order valence-electron chi connectivity index (χ0n) is 13.1. The Morgan fingerprint density at radius 3 is 3.17 bits per heavy atom. The number of aryl methyl sites for hydroxylation is 1. The molecule has 0 aliphatic carbocycles. The minimum atomic E-state index is -0.313. The molecule has 3 heterocycles. The molecule has 0 aromatic carbocycles. The van der Waals surface area contributed by atoms with Crippen molar-refractivity contribution in [1.82, 2.24) is 19.7 Å². The molecule has 0 bridgehead atoms. The molecule has 0 amide bonds. The molecule has 8 nitrogen and oxygen atoms in total. The molecule has 1 aliphatic heterocycles. The van der Waals surface area contributed by atoms with E-state index in [1.807, 2.05) is 0 Å². The van der Waals surface area contributed by atoms with Gasteiger partial charge in [-0.05, 0) is 25.7 Å². The van der Waals surface area contributed by atoms with Crippen molar-refractivity contribution in [3.8, 4) is 0 Å². The Kier molecular flexibility index (Phi) is 4.71. The first-order chi connectivity index (χ1) is 11.1. The fourth-order valence-electron chi connectivity index (χ4n) is 2.68. The standard InChI is InChI=1S/C15H20N4O4/c1-19-14-11(8-16-19)15(21)18-12(17-14)9-23-13(20)6-5-10-4-2-3-7-22-10/h8,10H,2-7,9H2,1H3,(H,17,18,21). The van der Waals surface area contributed by atoms with Crippen LogP contribution < -0.4 is 5.56 Å². The largest absolute Gasteiger partial charge is 0.458 e. The van der Waals surface area contributed by atoms with Crippen molar-refractivity contribution in [2.45, 2.75) is 44.8 Å². The lowest BCUT2D eigenvalue weighted by Gasteiger charge is -2.21. The first-order valence-electron chi connectivity index (χ1n) is 7.81. The van der Waals surface area contributed by atoms with Gasteiger partial charge in [0, 0.05) is 20.1 Å². The van der Waals surface area contributed by atoms with Gasteiger partial charge in [0.25, 0.3) is 5.56 Å². The molecule has 23 heavy (non-hydrogen) atoms. The summed E-state index contributed by atoms with van der Waals surface area (Å²) in [5.41, 5.74) is 0.181. The van der Waals surface area contributed by atoms with E-state index in [2.05, 4.69) is 15.1 Å². The predicted molar refractivity (Wildman–Crippen MR) is 81.8 cm³/mol. The number of hydrogen-bond acceptors (Lipinski definition) is 6. The van der Waals surface area contributed by atoms with Crippen molar-refractivity contribution in [3.05, 3.63) is 22.4 Å². The Morgan fingerprint density at radius 2 is 2.39 bits per heavy atom. The molecular formula is C15H20N4O4. The molecule has 1 N–H and O–H groups in total. The number of nitrogens with one attached hydrogen (secondary N) is 1. The van der Waals surface area contributed by atoms with Crippen molar-refractivity contribution in [2.75, 3.05) is 6.61 Å². The highest BCUT2D eigenvalue weighted by Crippen LogP contribution is 2.17. The van der Waals surface area contributed by atoms with Gasteiger partial charge in [-0.1, -0.05) is 0 Å². The fourth-order valence-corrected chi connectivity index (χ4v) is 2.68. The van der Waals surface area contributed by atoms with Crippen LogP contribution in [-0.2, 0) is 27.9 Å². The molecule has 3 rings (SSSR count). The minimum absolute atomic E-state index is 0.0548. The van der Waals surface area contributed by atoms with Gasteiger partial charge < -0.3 is 14.5 Å². The van der Waals surface area contributed by atoms with E-state index in [-0.39, 0.29) is 24.2 Å². The van der Waals surface area contributed by atoms with Crippen LogP contribution in [0.2, 0.25) is 0 Å². The monoisotopic (exact) mass is 320 g/mol. The topological polar surface area (TPSA) is 99.1 Å². The van der Waals surface area contributed by atoms with Crippen LogP contribution in [0.15, 0.2) is 11.0 Å². The summed E-state index contributed by atoms with van der Waals surface area (Å²) in [7, 11) is 1.70. The number of nitrogens with zero attached hydrogens (tertiary/aromatic N) is 3. The van der Waals surface area contributed by atoms with Crippen LogP contribution in [0.4, 0.5) is 0 Å². The summed E-state index contributed by atoms with van der Waals surface area (Å²) in [5, 5.41) is 4.40. The maximum Gasteiger partial charge on any atom is 0.306 e. The van der Waals surface area contributed by atoms with Gasteiger partial charge in [0.2, 0.25) is 0 Å². The zero-order valence-corrected chi connectivity index (χ0v) is 13.1. The summed E-state index contributed by atoms with van der Waals surface area (Å²) in [6.45, 7) is 0.719. The molecule has 1 fully saturated rings. The molecule has 124 valence electrons. The van der Waals surface area contributed by atoms with E-state index >= 15 is 0 Å². The molecule has 2 aromatic rings. The Morgan fingerprint density at radius 1 is 1.52 bits per heavy atom. The van der Waals surface area contributed by atoms with Gasteiger partial charge in [-0.2, -0.15) is 5.10 Å². The zero-order chi connectivity index (χ0) is 16.2. The lowest BCUT2D eigenvalue weighted by molar-refractivity contribution is -0.146. The summed E-state index contributed by atoms with van der Waals surface area (Å²) in [6, 6.07) is 0. The van der Waals surface area contributed by atoms with Crippen LogP contribution in [-0.4, -0.2) is 38.4 Å². The van der Waals surface area contributed by atoms with E-state index in [4.69, 9.17) is 9.47 Å². The van der Waals surface area contributed by atoms with Crippen LogP contribution in [0.1, 0.15) is 37.9 Å². The molecule has 1 saturated heterocycles. The third-order valence-corrected chi connectivity index (χ3v) is 3.97. The average molecular weight is 320 g/mol. The quantitative estimate of drug-likeness (QED) is 0.827. The summed E-state index contributed by atoms with van der Waals surface area (Å²) >= 11 is 0. The van der Waals surface area contributed by atoms with E-state index in [1.54, 1.807) is 7.05 Å². The highest BCUT2D eigenvalue weighted by atomic mass is 16.5. The number of aromatic amines is 1. The van der Waals surface area contributed by atoms with Gasteiger partial charge >= 0.3 is 5.97 Å². The third kappa shape index (κ3) is 3.76. The molecule has 0 saturated carbocycles. The number of carbonyl (C=O) groups excluding carboxylic acids is 1. The second kappa shape index (κ2) is 6.91. The number of esters is 1. The highest BCUT2D eigenvalue weighted by Gasteiger charge is 2.16. The van der Waals surface area contributed by atoms with Gasteiger partial charge in [0.05, 0.1) is 12.3 Å². The van der Waals surface area contributed by atoms with Crippen molar-refractivity contribution in [2.24, 2.45) is 7.05 Å². The number of H-pyrrole nitrogens is 1. The first-order valence-corrected chi connectivity index (χ1v) is 7.81. The van der Waals surface area contributed by atoms with Gasteiger partial charge in [0.1, 0.15) is 17.8 Å². The van der Waals surface area contributed by atoms with E-state index in [0.29, 0.717) is 29.7 Å². The molecule has 2 aromatic heterocycles. The second-order valence-electron chi connectivity index (χ2n) is 5.71. The molecular weight excluding hydrogens is 300 g/mol. The second-order valence-corrected chi connectivity index (χ2v) is 5.71. The molecule has 8 heteroatoms. The van der Waals surface area contributed by atoms with Crippen LogP contribution in [0.5, 0.6) is 0 Å². The van der Waals surface area contributed by atoms with Crippen LogP contribution >= 0.6 is 0 Å². The van der Waals surface area contributed by atoms with Crippen LogP contribution in [0.3, 0.4) is 0 Å². The summed E-state index contributed by atoms with van der Waals surface area (Å²) in [5.74, 6) is 0.000270. The number of ether oxygens (including phenoxy) is 2. The Hall–Kier alpha value is -2.22. The number of aromatic nitrogens is 4. The van der Waals surface area contributed by atoms with Crippen molar-refractivity contribution in [1.29, 1.82) is 0 Å². The fraction of sp³-hybridized carbons (Fsp3) is 0.600. The van der Waals surface area contributed by atoms with Crippen molar-refractivity contribution in [3.63, 3.8) is 0 Å². The Labute approximate surface area is 132 Å². The molecule has 0 radical (unpaired) electrons. The molecule has 1 atom stereocenters. The maximum atomic E-state index is 11.9. The SMILES string of the molecule is Cn1ncc2c(=O)[nH]c(COC(=O)CCC3CCCCO3)nc21. The van der Waals surface area contributed by atoms with E-state index in [1.165, 1.54) is 10.9 Å². The van der Waals surface area contributed by atoms with Gasteiger partial charge in [-0.3, -0.25) is 14.3 Å². The van der Waals surface area contributed by atoms with Crippen molar-refractivity contribution < 1.29 is 14.3 Å². The average Bonchev–Trinajstić information content (AvgIpc) is 2.94. The lowest BCUT2D eigenvalue weighted by Crippen LogP contribution is -2.20. The molecule has 0 spiro atoms. The van der Waals surface area contributed by atoms with E-state index < -0.39 is 0 Å². The third-order valence-electron chi connectivity index (χ3n) is 3.97. The smallest absolute Gasteiger partial charge is 0.306 e. The number of rotatable bonds is 5. The van der Waals surface area contributed by atoms with Crippen LogP contribution in [0, 0.1) is 0 Å². The Balaban J connectivity index is 1.54. The number of fused-ring (bicyclic) bond motifs is 1. The summed E-state index contributed by atoms with van der Waals surface area (Å²) in [4.78, 5) is 30.6. The van der Waals surface area contributed by atoms with Crippen molar-refractivity contribution >= 4 is 17.0 Å². The predicted octanol–water partition coefficient (Wildman–Crippen LogP) is 1.05. The van der Waals surface area contributed by atoms with E-state index in [9.17, 15) is 9.59 Å². The highest BCUT2D eigenvalue weighted by molar-refractivity contribution is 5.73. The summed E-state index contributed by atoms with van der Waals surface area (Å²) < 4.78 is 12.3. The number of hydrogen-bond donors (Lipinski definition) is 1.